The van der Waals surface area contributed by atoms with Crippen molar-refractivity contribution in [3.63, 3.8) is 0 Å². The zero-order valence-corrected chi connectivity index (χ0v) is 37.6. The highest BCUT2D eigenvalue weighted by Gasteiger charge is 2.25. The van der Waals surface area contributed by atoms with Gasteiger partial charge in [0.25, 0.3) is 0 Å². The maximum Gasteiger partial charge on any atom is 0.238 e. The van der Waals surface area contributed by atoms with Crippen molar-refractivity contribution in [1.82, 2.24) is 33.2 Å². The third-order valence-electron chi connectivity index (χ3n) is 14.2. The van der Waals surface area contributed by atoms with Crippen molar-refractivity contribution in [2.45, 2.75) is 0 Å². The molecule has 0 aliphatic heterocycles. The van der Waals surface area contributed by atoms with Gasteiger partial charge in [-0.1, -0.05) is 170 Å². The average molecular weight is 894 g/mol. The average Bonchev–Trinajstić information content (AvgIpc) is 4.16. The molecule has 7 heteroatoms. The van der Waals surface area contributed by atoms with Gasteiger partial charge in [-0.15, -0.1) is 0 Å². The molecule has 0 aliphatic carbocycles. The molecule has 0 spiro atoms. The van der Waals surface area contributed by atoms with E-state index < -0.39 is 0 Å². The van der Waals surface area contributed by atoms with E-state index in [1.54, 1.807) is 0 Å². The molecular formula is C63H39N7. The van der Waals surface area contributed by atoms with Gasteiger partial charge in [-0.25, -0.2) is 4.98 Å². The fraction of sp³-hybridized carbons (Fsp3) is 0. The molecule has 326 valence electrons. The van der Waals surface area contributed by atoms with Crippen LogP contribution in [0.1, 0.15) is 0 Å². The van der Waals surface area contributed by atoms with Gasteiger partial charge in [-0.2, -0.15) is 9.97 Å². The van der Waals surface area contributed by atoms with Gasteiger partial charge in [-0.3, -0.25) is 4.57 Å². The zero-order chi connectivity index (χ0) is 45.9. The highest BCUT2D eigenvalue weighted by Crippen LogP contribution is 2.45. The minimum Gasteiger partial charge on any atom is -0.309 e. The van der Waals surface area contributed by atoms with Gasteiger partial charge < -0.3 is 13.7 Å². The Balaban J connectivity index is 1.00. The van der Waals surface area contributed by atoms with Gasteiger partial charge in [0.1, 0.15) is 0 Å². The van der Waals surface area contributed by atoms with E-state index in [2.05, 4.69) is 218 Å². The fourth-order valence-electron chi connectivity index (χ4n) is 11.3. The monoisotopic (exact) mass is 893 g/mol. The van der Waals surface area contributed by atoms with Crippen molar-refractivity contribution in [3.05, 3.63) is 237 Å². The second kappa shape index (κ2) is 15.0. The van der Waals surface area contributed by atoms with Crippen LogP contribution in [0.2, 0.25) is 0 Å². The molecular weight excluding hydrogens is 855 g/mol. The smallest absolute Gasteiger partial charge is 0.238 e. The number of nitrogens with zero attached hydrogens (tertiary/aromatic N) is 7. The third kappa shape index (κ3) is 5.54. The quantitative estimate of drug-likeness (QED) is 0.167. The molecule has 0 radical (unpaired) electrons. The van der Waals surface area contributed by atoms with Crippen LogP contribution in [0.3, 0.4) is 0 Å². The summed E-state index contributed by atoms with van der Waals surface area (Å²) in [6.07, 6.45) is 0. The summed E-state index contributed by atoms with van der Waals surface area (Å²) in [7, 11) is 0. The second-order valence-corrected chi connectivity index (χ2v) is 18.0. The lowest BCUT2D eigenvalue weighted by Crippen LogP contribution is -2.06. The molecule has 5 aromatic heterocycles. The summed E-state index contributed by atoms with van der Waals surface area (Å²) in [5.41, 5.74) is 14.1. The molecule has 0 atom stereocenters. The number of hydrogen-bond acceptors (Lipinski definition) is 3. The van der Waals surface area contributed by atoms with Gasteiger partial charge in [0.15, 0.2) is 11.6 Å². The highest BCUT2D eigenvalue weighted by molar-refractivity contribution is 6.27. The molecule has 70 heavy (non-hydrogen) atoms. The summed E-state index contributed by atoms with van der Waals surface area (Å²) < 4.78 is 9.58. The molecule has 0 bridgehead atoms. The minimum absolute atomic E-state index is 0.565. The second-order valence-electron chi connectivity index (χ2n) is 18.0. The summed E-state index contributed by atoms with van der Waals surface area (Å²) in [6, 6.07) is 84.4. The van der Waals surface area contributed by atoms with Crippen molar-refractivity contribution in [2.75, 3.05) is 0 Å². The summed E-state index contributed by atoms with van der Waals surface area (Å²) >= 11 is 0. The Kier molecular flexibility index (Phi) is 8.23. The number of para-hydroxylation sites is 5. The fourth-order valence-corrected chi connectivity index (χ4v) is 11.3. The van der Waals surface area contributed by atoms with E-state index in [4.69, 9.17) is 15.0 Å². The van der Waals surface area contributed by atoms with E-state index in [0.29, 0.717) is 17.6 Å². The van der Waals surface area contributed by atoms with Crippen molar-refractivity contribution >= 4 is 87.2 Å². The van der Waals surface area contributed by atoms with E-state index in [1.165, 1.54) is 43.4 Å². The Morgan fingerprint density at radius 3 is 1.16 bits per heavy atom. The van der Waals surface area contributed by atoms with Gasteiger partial charge in [0.2, 0.25) is 5.95 Å². The lowest BCUT2D eigenvalue weighted by molar-refractivity contribution is 0.953. The van der Waals surface area contributed by atoms with Crippen LogP contribution in [0.25, 0.3) is 133 Å². The number of fused-ring (bicyclic) bond motifs is 14. The minimum atomic E-state index is 0.565. The van der Waals surface area contributed by atoms with Crippen LogP contribution in [0, 0.1) is 0 Å². The predicted octanol–water partition coefficient (Wildman–Crippen LogP) is 15.6. The number of benzene rings is 10. The molecule has 7 nitrogen and oxygen atoms in total. The number of aromatic nitrogens is 7. The SMILES string of the molecule is c1ccc(-c2nc(-c3ccccc3)nc(-n3c4ccccc4c4c3ccc3c5ccccc5n(-c5cccc(-n6c7ccccc7c7c6ccc6c8ccccc8n(-c8ccccc8)c67)c5)c34)n2)cc1. The molecule has 5 heterocycles. The predicted molar refractivity (Wildman–Crippen MR) is 288 cm³/mol. The first-order valence-corrected chi connectivity index (χ1v) is 23.7. The summed E-state index contributed by atoms with van der Waals surface area (Å²) in [5, 5.41) is 9.53. The normalized spacial score (nSPS) is 12.0. The number of rotatable bonds is 6. The van der Waals surface area contributed by atoms with Crippen LogP contribution in [0.4, 0.5) is 0 Å². The Bertz CT molecular complexity index is 4520. The van der Waals surface area contributed by atoms with E-state index in [1.807, 2.05) is 36.4 Å². The van der Waals surface area contributed by atoms with E-state index in [9.17, 15) is 0 Å². The molecule has 0 amide bonds. The Labute approximate surface area is 401 Å². The maximum absolute atomic E-state index is 5.25. The van der Waals surface area contributed by atoms with Crippen LogP contribution in [-0.2, 0) is 0 Å². The van der Waals surface area contributed by atoms with Crippen molar-refractivity contribution in [1.29, 1.82) is 0 Å². The van der Waals surface area contributed by atoms with Crippen LogP contribution in [0.15, 0.2) is 237 Å². The molecule has 0 saturated carbocycles. The maximum atomic E-state index is 5.25. The van der Waals surface area contributed by atoms with Crippen LogP contribution < -0.4 is 0 Å². The van der Waals surface area contributed by atoms with Gasteiger partial charge >= 0.3 is 0 Å². The van der Waals surface area contributed by atoms with Crippen molar-refractivity contribution in [2.24, 2.45) is 0 Å². The summed E-state index contributed by atoms with van der Waals surface area (Å²) in [4.78, 5) is 15.5. The molecule has 15 aromatic rings. The topological polar surface area (TPSA) is 58.4 Å². The Hall–Kier alpha value is -9.59. The summed E-state index contributed by atoms with van der Waals surface area (Å²) in [6.45, 7) is 0. The molecule has 15 rings (SSSR count). The molecule has 0 fully saturated rings. The molecule has 0 saturated heterocycles. The first kappa shape index (κ1) is 38.5. The lowest BCUT2D eigenvalue weighted by atomic mass is 10.1. The van der Waals surface area contributed by atoms with E-state index >= 15 is 0 Å². The summed E-state index contributed by atoms with van der Waals surface area (Å²) in [5.74, 6) is 1.80. The van der Waals surface area contributed by atoms with Crippen molar-refractivity contribution < 1.29 is 0 Å². The highest BCUT2D eigenvalue weighted by atomic mass is 15.2. The Morgan fingerprint density at radius 2 is 0.629 bits per heavy atom. The third-order valence-corrected chi connectivity index (χ3v) is 14.2. The molecule has 10 aromatic carbocycles. The van der Waals surface area contributed by atoms with Crippen LogP contribution >= 0.6 is 0 Å². The Morgan fingerprint density at radius 1 is 0.243 bits per heavy atom. The van der Waals surface area contributed by atoms with Crippen LogP contribution in [0.5, 0.6) is 0 Å². The molecule has 0 N–H and O–H groups in total. The zero-order valence-electron chi connectivity index (χ0n) is 37.6. The van der Waals surface area contributed by atoms with Crippen LogP contribution in [-0.4, -0.2) is 33.2 Å². The van der Waals surface area contributed by atoms with E-state index in [0.717, 1.165) is 72.1 Å². The number of hydrogen-bond donors (Lipinski definition) is 0. The molecule has 0 aliphatic rings. The van der Waals surface area contributed by atoms with Crippen molar-refractivity contribution in [3.8, 4) is 45.8 Å². The first-order valence-electron chi connectivity index (χ1n) is 23.7. The molecule has 0 unspecified atom stereocenters. The first-order chi connectivity index (χ1) is 34.8. The van der Waals surface area contributed by atoms with Gasteiger partial charge in [0, 0.05) is 71.3 Å². The standard InChI is InChI=1S/C63H39N7/c1-4-19-40(20-5-1)61-64-62(41-21-6-2-7-22-41)66-63(65-61)70-54-34-17-13-30-50(54)58-56(70)38-36-48-46-28-11-15-32-52(46)69(60(48)58)44-26-18-25-43(39-44)67-53-33-16-12-29-49(53)57-55(67)37-35-47-45-27-10-14-31-51(45)68(59(47)57)42-23-8-3-9-24-42/h1-39H. The van der Waals surface area contributed by atoms with Gasteiger partial charge in [0.05, 0.1) is 44.1 Å². The van der Waals surface area contributed by atoms with Gasteiger partial charge in [-0.05, 0) is 66.7 Å². The largest absolute Gasteiger partial charge is 0.309 e. The van der Waals surface area contributed by atoms with E-state index in [-0.39, 0.29) is 0 Å². The lowest BCUT2D eigenvalue weighted by Gasteiger charge is -2.14.